The third kappa shape index (κ3) is 6.20. The van der Waals surface area contributed by atoms with Crippen LogP contribution in [0.3, 0.4) is 0 Å². The fourth-order valence-corrected chi connectivity index (χ4v) is 3.63. The minimum absolute atomic E-state index is 0.128. The van der Waals surface area contributed by atoms with Crippen LogP contribution in [0.5, 0.6) is 11.5 Å². The van der Waals surface area contributed by atoms with Crippen LogP contribution in [0.15, 0.2) is 36.4 Å². The molecule has 0 aliphatic carbocycles. The molecule has 1 atom stereocenters. The number of phenolic OH excluding ortho intramolecular Hbond substituents is 1. The van der Waals surface area contributed by atoms with Gasteiger partial charge < -0.3 is 25.0 Å². The molecule has 0 unspecified atom stereocenters. The molecule has 0 spiro atoms. The van der Waals surface area contributed by atoms with E-state index in [0.29, 0.717) is 6.07 Å². The third-order valence-corrected chi connectivity index (χ3v) is 5.54. The number of hydrogen-bond donors (Lipinski definition) is 2. The van der Waals surface area contributed by atoms with E-state index in [-0.39, 0.29) is 38.2 Å². The highest BCUT2D eigenvalue weighted by Crippen LogP contribution is 2.25. The van der Waals surface area contributed by atoms with E-state index in [1.54, 1.807) is 6.92 Å². The van der Waals surface area contributed by atoms with E-state index in [1.165, 1.54) is 21.9 Å². The second kappa shape index (κ2) is 10.8. The van der Waals surface area contributed by atoms with Crippen molar-refractivity contribution in [1.82, 2.24) is 15.1 Å². The number of amides is 3. The number of rotatable bonds is 6. The van der Waals surface area contributed by atoms with Crippen LogP contribution in [-0.2, 0) is 4.79 Å². The summed E-state index contributed by atoms with van der Waals surface area (Å²) in [6, 6.07) is 5.02. The molecule has 1 saturated heterocycles. The summed E-state index contributed by atoms with van der Waals surface area (Å²) in [5.41, 5.74) is -0.378. The van der Waals surface area contributed by atoms with Crippen LogP contribution in [0, 0.1) is 11.6 Å². The van der Waals surface area contributed by atoms with Gasteiger partial charge in [-0.2, -0.15) is 4.39 Å². The number of halogens is 5. The van der Waals surface area contributed by atoms with E-state index in [1.807, 2.05) is 0 Å². The molecule has 1 aliphatic rings. The summed E-state index contributed by atoms with van der Waals surface area (Å²) in [6.07, 6.45) is -4.68. The molecule has 1 fully saturated rings. The highest BCUT2D eigenvalue weighted by atomic mass is 19.4. The molecule has 8 nitrogen and oxygen atoms in total. The number of nitrogens with one attached hydrogen (secondary N) is 1. The molecule has 13 heteroatoms. The van der Waals surface area contributed by atoms with Gasteiger partial charge in [0.1, 0.15) is 11.8 Å². The first kappa shape index (κ1) is 26.7. The van der Waals surface area contributed by atoms with Gasteiger partial charge in [-0.1, -0.05) is 6.92 Å². The zero-order chi connectivity index (χ0) is 26.6. The number of aromatic hydroxyl groups is 1. The van der Waals surface area contributed by atoms with E-state index < -0.39 is 58.8 Å². The highest BCUT2D eigenvalue weighted by molar-refractivity contribution is 5.99. The average Bonchev–Trinajstić information content (AvgIpc) is 2.84. The van der Waals surface area contributed by atoms with Crippen LogP contribution in [-0.4, -0.2) is 71.2 Å². The normalized spacial score (nSPS) is 14.8. The van der Waals surface area contributed by atoms with E-state index in [0.717, 1.165) is 18.2 Å². The summed E-state index contributed by atoms with van der Waals surface area (Å²) in [5.74, 6) is -6.39. The van der Waals surface area contributed by atoms with Gasteiger partial charge in [-0.05, 0) is 42.8 Å². The van der Waals surface area contributed by atoms with Crippen LogP contribution in [0.4, 0.5) is 22.0 Å². The van der Waals surface area contributed by atoms with Crippen molar-refractivity contribution in [3.8, 4) is 11.5 Å². The van der Waals surface area contributed by atoms with Gasteiger partial charge in [-0.15, -0.1) is 13.2 Å². The quantitative estimate of drug-likeness (QED) is 0.577. The number of ether oxygens (including phenoxy) is 1. The number of benzene rings is 2. The molecule has 0 radical (unpaired) electrons. The zero-order valence-electron chi connectivity index (χ0n) is 18.9. The number of piperazine rings is 1. The number of phenols is 1. The van der Waals surface area contributed by atoms with Gasteiger partial charge >= 0.3 is 6.36 Å². The Labute approximate surface area is 202 Å². The van der Waals surface area contributed by atoms with Gasteiger partial charge in [0.15, 0.2) is 11.6 Å². The Hall–Kier alpha value is -3.90. The Bertz CT molecular complexity index is 1130. The Morgan fingerprint density at radius 3 is 2.14 bits per heavy atom. The smallest absolute Gasteiger partial charge is 0.504 e. The lowest BCUT2D eigenvalue weighted by Gasteiger charge is -2.36. The third-order valence-electron chi connectivity index (χ3n) is 5.54. The fourth-order valence-electron chi connectivity index (χ4n) is 3.63. The zero-order valence-corrected chi connectivity index (χ0v) is 18.9. The second-order valence-corrected chi connectivity index (χ2v) is 7.88. The minimum atomic E-state index is -4.85. The van der Waals surface area contributed by atoms with Gasteiger partial charge in [0.2, 0.25) is 11.7 Å². The Morgan fingerprint density at radius 1 is 1.00 bits per heavy atom. The van der Waals surface area contributed by atoms with E-state index in [9.17, 15) is 41.4 Å². The van der Waals surface area contributed by atoms with E-state index in [4.69, 9.17) is 0 Å². The Balaban J connectivity index is 1.58. The molecule has 0 aromatic heterocycles. The van der Waals surface area contributed by atoms with Crippen molar-refractivity contribution in [2.24, 2.45) is 0 Å². The molecule has 2 aromatic carbocycles. The molecule has 194 valence electrons. The summed E-state index contributed by atoms with van der Waals surface area (Å²) in [7, 11) is 0. The number of hydrogen-bond acceptors (Lipinski definition) is 5. The predicted molar refractivity (Wildman–Crippen MR) is 115 cm³/mol. The molecular weight excluding hydrogens is 493 g/mol. The molecule has 3 rings (SSSR count). The summed E-state index contributed by atoms with van der Waals surface area (Å²) in [5, 5.41) is 12.1. The molecule has 1 heterocycles. The molecule has 2 aromatic rings. The van der Waals surface area contributed by atoms with Crippen molar-refractivity contribution >= 4 is 17.7 Å². The molecule has 0 bridgehead atoms. The molecular formula is C23H22F5N3O5. The van der Waals surface area contributed by atoms with Gasteiger partial charge in [0.25, 0.3) is 11.8 Å². The first-order valence-corrected chi connectivity index (χ1v) is 10.8. The van der Waals surface area contributed by atoms with Crippen LogP contribution >= 0.6 is 0 Å². The Kier molecular flexibility index (Phi) is 8.00. The van der Waals surface area contributed by atoms with Crippen LogP contribution in [0.25, 0.3) is 0 Å². The highest BCUT2D eigenvalue weighted by Gasteiger charge is 2.32. The molecule has 36 heavy (non-hydrogen) atoms. The minimum Gasteiger partial charge on any atom is -0.504 e. The van der Waals surface area contributed by atoms with Crippen molar-refractivity contribution in [3.05, 3.63) is 59.2 Å². The predicted octanol–water partition coefficient (Wildman–Crippen LogP) is 3.06. The van der Waals surface area contributed by atoms with Gasteiger partial charge in [0, 0.05) is 31.7 Å². The van der Waals surface area contributed by atoms with E-state index >= 15 is 0 Å². The number of nitrogens with zero attached hydrogens (tertiary/aromatic N) is 2. The molecule has 2 N–H and O–H groups in total. The molecule has 3 amide bonds. The lowest BCUT2D eigenvalue weighted by molar-refractivity contribution is -0.274. The average molecular weight is 515 g/mol. The summed E-state index contributed by atoms with van der Waals surface area (Å²) in [4.78, 5) is 40.9. The summed E-state index contributed by atoms with van der Waals surface area (Å²) in [6.45, 7) is 2.16. The summed E-state index contributed by atoms with van der Waals surface area (Å²) >= 11 is 0. The largest absolute Gasteiger partial charge is 0.573 e. The fraction of sp³-hybridized carbons (Fsp3) is 0.348. The maximum Gasteiger partial charge on any atom is 0.573 e. The van der Waals surface area contributed by atoms with Crippen molar-refractivity contribution in [3.63, 3.8) is 0 Å². The monoisotopic (exact) mass is 515 g/mol. The van der Waals surface area contributed by atoms with Crippen LogP contribution in [0.2, 0.25) is 0 Å². The number of carbonyl (C=O) groups excluding carboxylic acids is 3. The lowest BCUT2D eigenvalue weighted by Crippen LogP contribution is -2.55. The second-order valence-electron chi connectivity index (χ2n) is 7.88. The van der Waals surface area contributed by atoms with Gasteiger partial charge in [0.05, 0.1) is 5.56 Å². The van der Waals surface area contributed by atoms with E-state index in [2.05, 4.69) is 10.1 Å². The first-order valence-electron chi connectivity index (χ1n) is 10.8. The maximum absolute atomic E-state index is 13.6. The maximum atomic E-state index is 13.6. The SMILES string of the molecule is CC[C@H](NC(=O)c1ccc(F)c(F)c1O)C(=O)N1CCN(C(=O)c2ccc(OC(F)(F)F)cc2)CC1. The number of alkyl halides is 3. The van der Waals surface area contributed by atoms with Crippen molar-refractivity contribution in [2.75, 3.05) is 26.2 Å². The lowest BCUT2D eigenvalue weighted by atomic mass is 10.1. The van der Waals surface area contributed by atoms with Gasteiger partial charge in [-0.3, -0.25) is 14.4 Å². The van der Waals surface area contributed by atoms with Crippen LogP contribution in [0.1, 0.15) is 34.1 Å². The van der Waals surface area contributed by atoms with Crippen molar-refractivity contribution in [1.29, 1.82) is 0 Å². The molecule has 1 aliphatic heterocycles. The molecule has 0 saturated carbocycles. The topological polar surface area (TPSA) is 99.2 Å². The first-order chi connectivity index (χ1) is 16.9. The van der Waals surface area contributed by atoms with Crippen molar-refractivity contribution in [2.45, 2.75) is 25.7 Å². The van der Waals surface area contributed by atoms with Gasteiger partial charge in [-0.25, -0.2) is 4.39 Å². The summed E-state index contributed by atoms with van der Waals surface area (Å²) < 4.78 is 67.4. The number of carbonyl (C=O) groups is 3. The Morgan fingerprint density at radius 2 is 1.58 bits per heavy atom. The van der Waals surface area contributed by atoms with Crippen LogP contribution < -0.4 is 10.1 Å². The van der Waals surface area contributed by atoms with Crippen molar-refractivity contribution < 1.29 is 46.2 Å². The standard InChI is InChI=1S/C23H22F5N3O5/c1-2-17(29-20(33)15-7-8-16(24)18(25)19(15)32)22(35)31-11-9-30(10-12-31)21(34)13-3-5-14(6-4-13)36-23(26,27)28/h3-8,17,32H,2,9-12H2,1H3,(H,29,33)/t17-/m0/s1.